The van der Waals surface area contributed by atoms with Crippen molar-refractivity contribution in [3.05, 3.63) is 52.8 Å². The lowest BCUT2D eigenvalue weighted by Gasteiger charge is -2.39. The number of nitrogens with one attached hydrogen (secondary N) is 1. The SMILES string of the molecule is CCOC(=O)[C@@H]1CC2(CCN(c3cc(O[C@H](c4ccc(Cl)cc4-n4ccc(C)n4)C(F)(F)F)nc(N)n3)CC2)CN1. The van der Waals surface area contributed by atoms with Gasteiger partial charge in [0.1, 0.15) is 11.9 Å². The van der Waals surface area contributed by atoms with Crippen molar-refractivity contribution in [3.8, 4) is 11.6 Å². The number of nitrogens with zero attached hydrogens (tertiary/aromatic N) is 5. The summed E-state index contributed by atoms with van der Waals surface area (Å²) in [6.45, 7) is 5.68. The fraction of sp³-hybridized carbons (Fsp3) is 0.481. The Bertz CT molecular complexity index is 1410. The smallest absolute Gasteiger partial charge is 0.429 e. The van der Waals surface area contributed by atoms with Crippen molar-refractivity contribution in [1.29, 1.82) is 0 Å². The van der Waals surface area contributed by atoms with E-state index in [0.717, 1.165) is 12.8 Å². The number of piperidine rings is 1. The zero-order valence-electron chi connectivity index (χ0n) is 22.6. The van der Waals surface area contributed by atoms with Gasteiger partial charge in [0.2, 0.25) is 17.9 Å². The molecule has 2 aliphatic rings. The summed E-state index contributed by atoms with van der Waals surface area (Å²) < 4.78 is 55.3. The first kappa shape index (κ1) is 28.9. The van der Waals surface area contributed by atoms with Gasteiger partial charge in [0.25, 0.3) is 0 Å². The Labute approximate surface area is 240 Å². The molecule has 3 N–H and O–H groups in total. The van der Waals surface area contributed by atoms with E-state index in [1.807, 2.05) is 4.90 Å². The minimum atomic E-state index is -4.80. The maximum absolute atomic E-state index is 14.4. The van der Waals surface area contributed by atoms with E-state index in [-0.39, 0.29) is 45.5 Å². The first-order valence-corrected chi connectivity index (χ1v) is 13.7. The number of carbonyl (C=O) groups excluding carboxylic acids is 1. The van der Waals surface area contributed by atoms with Crippen molar-refractivity contribution in [2.75, 3.05) is 36.9 Å². The average molecular weight is 594 g/mol. The standard InChI is InChI=1S/C27H31ClF3N7O3/c1-3-40-24(39)19-14-26(15-33-19)7-10-37(11-8-26)21-13-22(35-25(32)34-21)41-23(27(29,30)31)18-5-4-17(28)12-20(18)38-9-6-16(2)36-38/h4-6,9,12-13,19,23,33H,3,7-8,10-11,14-15H2,1-2H3,(H2,32,34,35)/t19-,23+/m0/s1. The van der Waals surface area contributed by atoms with Gasteiger partial charge in [0, 0.05) is 42.5 Å². The van der Waals surface area contributed by atoms with Crippen LogP contribution in [0.15, 0.2) is 36.5 Å². The van der Waals surface area contributed by atoms with E-state index in [2.05, 4.69) is 20.4 Å². The zero-order valence-corrected chi connectivity index (χ0v) is 23.4. The van der Waals surface area contributed by atoms with Gasteiger partial charge in [-0.2, -0.15) is 28.2 Å². The second-order valence-corrected chi connectivity index (χ2v) is 10.9. The lowest BCUT2D eigenvalue weighted by molar-refractivity contribution is -0.198. The van der Waals surface area contributed by atoms with Crippen molar-refractivity contribution >= 4 is 29.3 Å². The number of aromatic nitrogens is 4. The summed E-state index contributed by atoms with van der Waals surface area (Å²) in [6.07, 6.45) is -3.43. The molecule has 0 unspecified atom stereocenters. The Morgan fingerprint density at radius 1 is 1.24 bits per heavy atom. The Kier molecular flexibility index (Phi) is 8.02. The number of alkyl halides is 3. The van der Waals surface area contributed by atoms with Crippen LogP contribution in [-0.4, -0.2) is 64.2 Å². The lowest BCUT2D eigenvalue weighted by atomic mass is 9.76. The summed E-state index contributed by atoms with van der Waals surface area (Å²) in [5, 5.41) is 7.77. The third-order valence-electron chi connectivity index (χ3n) is 7.57. The van der Waals surface area contributed by atoms with Crippen LogP contribution in [0.25, 0.3) is 5.69 Å². The molecule has 14 heteroatoms. The van der Waals surface area contributed by atoms with Gasteiger partial charge in [-0.25, -0.2) is 4.68 Å². The van der Waals surface area contributed by atoms with Crippen LogP contribution in [0.1, 0.15) is 43.5 Å². The van der Waals surface area contributed by atoms with Gasteiger partial charge >= 0.3 is 12.1 Å². The molecule has 3 aromatic rings. The quantitative estimate of drug-likeness (QED) is 0.384. The van der Waals surface area contributed by atoms with E-state index in [1.165, 1.54) is 28.9 Å². The number of nitrogens with two attached hydrogens (primary N) is 1. The molecule has 0 saturated carbocycles. The van der Waals surface area contributed by atoms with Crippen LogP contribution >= 0.6 is 11.6 Å². The van der Waals surface area contributed by atoms with Crippen LogP contribution in [0.2, 0.25) is 5.02 Å². The molecule has 220 valence electrons. The molecule has 0 aliphatic carbocycles. The molecular weight excluding hydrogens is 563 g/mol. The number of aryl methyl sites for hydroxylation is 1. The summed E-state index contributed by atoms with van der Waals surface area (Å²) >= 11 is 6.13. The molecule has 2 aliphatic heterocycles. The fourth-order valence-corrected chi connectivity index (χ4v) is 5.65. The van der Waals surface area contributed by atoms with E-state index in [1.54, 1.807) is 26.1 Å². The van der Waals surface area contributed by atoms with E-state index < -0.39 is 12.3 Å². The molecule has 41 heavy (non-hydrogen) atoms. The topological polar surface area (TPSA) is 120 Å². The van der Waals surface area contributed by atoms with Gasteiger partial charge in [0.15, 0.2) is 0 Å². The normalized spacial score (nSPS) is 19.4. The highest BCUT2D eigenvalue weighted by Gasteiger charge is 2.46. The summed E-state index contributed by atoms with van der Waals surface area (Å²) in [7, 11) is 0. The summed E-state index contributed by atoms with van der Waals surface area (Å²) in [6, 6.07) is 6.74. The van der Waals surface area contributed by atoms with Crippen molar-refractivity contribution in [2.24, 2.45) is 5.41 Å². The van der Waals surface area contributed by atoms with Crippen molar-refractivity contribution in [3.63, 3.8) is 0 Å². The van der Waals surface area contributed by atoms with Gasteiger partial charge in [-0.05, 0) is 56.7 Å². The molecular formula is C27H31ClF3N7O3. The number of benzene rings is 1. The van der Waals surface area contributed by atoms with E-state index in [4.69, 9.17) is 26.8 Å². The van der Waals surface area contributed by atoms with Crippen molar-refractivity contribution in [1.82, 2.24) is 25.1 Å². The molecule has 1 spiro atoms. The maximum Gasteiger partial charge on any atom is 0.429 e. The Hall–Kier alpha value is -3.58. The highest BCUT2D eigenvalue weighted by Crippen LogP contribution is 2.42. The van der Waals surface area contributed by atoms with Crippen LogP contribution in [0, 0.1) is 12.3 Å². The number of anilines is 2. The maximum atomic E-state index is 14.4. The molecule has 2 atom stereocenters. The van der Waals surface area contributed by atoms with Crippen LogP contribution in [0.5, 0.6) is 5.88 Å². The summed E-state index contributed by atoms with van der Waals surface area (Å²) in [5.41, 5.74) is 6.43. The highest BCUT2D eigenvalue weighted by atomic mass is 35.5. The van der Waals surface area contributed by atoms with Crippen molar-refractivity contribution < 1.29 is 27.4 Å². The van der Waals surface area contributed by atoms with Gasteiger partial charge < -0.3 is 25.4 Å². The average Bonchev–Trinajstić information content (AvgIpc) is 3.54. The summed E-state index contributed by atoms with van der Waals surface area (Å²) in [4.78, 5) is 22.4. The van der Waals surface area contributed by atoms with Gasteiger partial charge in [-0.3, -0.25) is 4.79 Å². The highest BCUT2D eigenvalue weighted by molar-refractivity contribution is 6.30. The second-order valence-electron chi connectivity index (χ2n) is 10.4. The van der Waals surface area contributed by atoms with Gasteiger partial charge in [-0.1, -0.05) is 17.7 Å². The Morgan fingerprint density at radius 3 is 2.66 bits per heavy atom. The Morgan fingerprint density at radius 2 is 2.00 bits per heavy atom. The number of nitrogen functional groups attached to an aromatic ring is 1. The van der Waals surface area contributed by atoms with E-state index in [9.17, 15) is 18.0 Å². The molecule has 0 amide bonds. The zero-order chi connectivity index (χ0) is 29.4. The van der Waals surface area contributed by atoms with Crippen LogP contribution in [0.4, 0.5) is 24.9 Å². The van der Waals surface area contributed by atoms with E-state index in [0.29, 0.717) is 44.2 Å². The summed E-state index contributed by atoms with van der Waals surface area (Å²) in [5.74, 6) is -0.390. The fourth-order valence-electron chi connectivity index (χ4n) is 5.48. The molecule has 4 heterocycles. The minimum absolute atomic E-state index is 0.0664. The second kappa shape index (κ2) is 11.4. The molecule has 0 radical (unpaired) electrons. The number of ether oxygens (including phenoxy) is 2. The van der Waals surface area contributed by atoms with E-state index >= 15 is 0 Å². The molecule has 1 aromatic carbocycles. The molecule has 2 aromatic heterocycles. The Balaban J connectivity index is 1.36. The predicted molar refractivity (Wildman–Crippen MR) is 146 cm³/mol. The molecule has 0 bridgehead atoms. The largest absolute Gasteiger partial charge is 0.465 e. The number of hydrogen-bond acceptors (Lipinski definition) is 9. The first-order chi connectivity index (χ1) is 19.5. The predicted octanol–water partition coefficient (Wildman–Crippen LogP) is 4.40. The van der Waals surface area contributed by atoms with Crippen LogP contribution in [-0.2, 0) is 9.53 Å². The number of halogens is 4. The van der Waals surface area contributed by atoms with Crippen LogP contribution < -0.4 is 20.7 Å². The number of hydrogen-bond donors (Lipinski definition) is 2. The van der Waals surface area contributed by atoms with Gasteiger partial charge in [0.05, 0.1) is 18.0 Å². The first-order valence-electron chi connectivity index (χ1n) is 13.3. The lowest BCUT2D eigenvalue weighted by Crippen LogP contribution is -2.41. The monoisotopic (exact) mass is 593 g/mol. The third kappa shape index (κ3) is 6.35. The van der Waals surface area contributed by atoms with Gasteiger partial charge in [-0.15, -0.1) is 0 Å². The molecule has 10 nitrogen and oxygen atoms in total. The molecule has 2 fully saturated rings. The molecule has 5 rings (SSSR count). The molecule has 2 saturated heterocycles. The number of esters is 1. The number of carbonyl (C=O) groups is 1. The van der Waals surface area contributed by atoms with Crippen LogP contribution in [0.3, 0.4) is 0 Å². The number of rotatable bonds is 7. The minimum Gasteiger partial charge on any atom is -0.465 e. The van der Waals surface area contributed by atoms with Crippen molar-refractivity contribution in [2.45, 2.75) is 51.4 Å². The third-order valence-corrected chi connectivity index (χ3v) is 7.80.